The summed E-state index contributed by atoms with van der Waals surface area (Å²) >= 11 is 0. The van der Waals surface area contributed by atoms with Crippen molar-refractivity contribution < 1.29 is 0 Å². The Kier molecular flexibility index (Phi) is 2.49. The number of hydrogen-bond donors (Lipinski definition) is 1. The predicted octanol–water partition coefficient (Wildman–Crippen LogP) is 3.24. The molecule has 5 rings (SSSR count). The van der Waals surface area contributed by atoms with Gasteiger partial charge in [-0.1, -0.05) is 6.42 Å². The van der Waals surface area contributed by atoms with E-state index in [-0.39, 0.29) is 5.92 Å². The molecule has 5 fully saturated rings. The Labute approximate surface area is 110 Å². The highest BCUT2D eigenvalue weighted by Crippen LogP contribution is 2.56. The average molecular weight is 244 g/mol. The van der Waals surface area contributed by atoms with E-state index in [0.29, 0.717) is 11.6 Å². The molecule has 98 valence electrons. The Morgan fingerprint density at radius 2 is 1.56 bits per heavy atom. The SMILES string of the molecule is N#CC1CCCC1NC12CC3CC(CC(C3)C1)C2. The van der Waals surface area contributed by atoms with Crippen molar-refractivity contribution in [3.05, 3.63) is 0 Å². The van der Waals surface area contributed by atoms with Gasteiger partial charge < -0.3 is 5.32 Å². The maximum Gasteiger partial charge on any atom is 0.0672 e. The summed E-state index contributed by atoms with van der Waals surface area (Å²) in [5.41, 5.74) is 0.443. The predicted molar refractivity (Wildman–Crippen MR) is 70.8 cm³/mol. The third-order valence-electron chi connectivity index (χ3n) is 6.21. The number of nitrogens with zero attached hydrogens (tertiary/aromatic N) is 1. The lowest BCUT2D eigenvalue weighted by Gasteiger charge is -2.58. The monoisotopic (exact) mass is 244 g/mol. The van der Waals surface area contributed by atoms with Gasteiger partial charge in [-0.15, -0.1) is 0 Å². The van der Waals surface area contributed by atoms with E-state index in [1.807, 2.05) is 0 Å². The smallest absolute Gasteiger partial charge is 0.0672 e. The second-order valence-corrected chi connectivity index (χ2v) is 7.62. The van der Waals surface area contributed by atoms with Crippen LogP contribution in [0.5, 0.6) is 0 Å². The van der Waals surface area contributed by atoms with Crippen LogP contribution >= 0.6 is 0 Å². The molecule has 1 N–H and O–H groups in total. The van der Waals surface area contributed by atoms with E-state index in [9.17, 15) is 5.26 Å². The van der Waals surface area contributed by atoms with E-state index >= 15 is 0 Å². The molecule has 5 aliphatic rings. The van der Waals surface area contributed by atoms with Crippen LogP contribution < -0.4 is 5.32 Å². The summed E-state index contributed by atoms with van der Waals surface area (Å²) in [6.07, 6.45) is 12.4. The van der Waals surface area contributed by atoms with Crippen molar-refractivity contribution in [2.24, 2.45) is 23.7 Å². The van der Waals surface area contributed by atoms with Crippen LogP contribution in [-0.2, 0) is 0 Å². The molecular formula is C16H24N2. The Morgan fingerprint density at radius 1 is 0.944 bits per heavy atom. The third kappa shape index (κ3) is 1.71. The molecule has 4 bridgehead atoms. The second-order valence-electron chi connectivity index (χ2n) is 7.62. The standard InChI is InChI=1S/C16H24N2/c17-10-14-2-1-3-15(14)18-16-7-11-4-12(8-16)6-13(5-11)9-16/h11-15,18H,1-9H2. The van der Waals surface area contributed by atoms with Crippen LogP contribution in [0.3, 0.4) is 0 Å². The van der Waals surface area contributed by atoms with Crippen molar-refractivity contribution >= 4 is 0 Å². The lowest BCUT2D eigenvalue weighted by Crippen LogP contribution is -2.61. The van der Waals surface area contributed by atoms with Crippen molar-refractivity contribution in [3.8, 4) is 6.07 Å². The first-order valence-electron chi connectivity index (χ1n) is 7.94. The largest absolute Gasteiger partial charge is 0.307 e. The van der Waals surface area contributed by atoms with Gasteiger partial charge in [0.1, 0.15) is 0 Å². The highest BCUT2D eigenvalue weighted by atomic mass is 15.0. The summed E-state index contributed by atoms with van der Waals surface area (Å²) in [4.78, 5) is 0. The molecule has 0 spiro atoms. The van der Waals surface area contributed by atoms with Gasteiger partial charge in [-0.3, -0.25) is 0 Å². The molecule has 2 unspecified atom stereocenters. The normalized spacial score (nSPS) is 53.6. The van der Waals surface area contributed by atoms with Crippen molar-refractivity contribution in [2.45, 2.75) is 69.4 Å². The van der Waals surface area contributed by atoms with Gasteiger partial charge in [0, 0.05) is 11.6 Å². The van der Waals surface area contributed by atoms with Crippen molar-refractivity contribution in [2.75, 3.05) is 0 Å². The van der Waals surface area contributed by atoms with Gasteiger partial charge in [0.05, 0.1) is 12.0 Å². The Bertz CT molecular complexity index is 346. The first-order valence-corrected chi connectivity index (χ1v) is 7.94. The molecule has 2 atom stereocenters. The molecule has 0 saturated heterocycles. The van der Waals surface area contributed by atoms with E-state index in [1.54, 1.807) is 0 Å². The fourth-order valence-electron chi connectivity index (χ4n) is 5.97. The summed E-state index contributed by atoms with van der Waals surface area (Å²) in [6.45, 7) is 0. The van der Waals surface area contributed by atoms with Crippen LogP contribution in [0.4, 0.5) is 0 Å². The molecule has 0 heterocycles. The molecule has 0 radical (unpaired) electrons. The van der Waals surface area contributed by atoms with Gasteiger partial charge in [-0.05, 0) is 69.1 Å². The Hall–Kier alpha value is -0.550. The van der Waals surface area contributed by atoms with E-state index < -0.39 is 0 Å². The lowest BCUT2D eigenvalue weighted by molar-refractivity contribution is -0.0263. The highest BCUT2D eigenvalue weighted by molar-refractivity contribution is 5.09. The molecule has 5 aliphatic carbocycles. The van der Waals surface area contributed by atoms with Crippen LogP contribution in [0, 0.1) is 35.0 Å². The highest BCUT2D eigenvalue weighted by Gasteiger charge is 2.52. The van der Waals surface area contributed by atoms with Crippen molar-refractivity contribution in [3.63, 3.8) is 0 Å². The number of nitrogens with one attached hydrogen (secondary N) is 1. The summed E-state index contributed by atoms with van der Waals surface area (Å²) in [5, 5.41) is 13.3. The van der Waals surface area contributed by atoms with Crippen LogP contribution in [0.1, 0.15) is 57.8 Å². The number of nitriles is 1. The Morgan fingerprint density at radius 3 is 2.11 bits per heavy atom. The van der Waals surface area contributed by atoms with E-state index in [2.05, 4.69) is 11.4 Å². The molecule has 18 heavy (non-hydrogen) atoms. The minimum absolute atomic E-state index is 0.290. The molecule has 0 amide bonds. The van der Waals surface area contributed by atoms with Gasteiger partial charge in [0.15, 0.2) is 0 Å². The lowest BCUT2D eigenvalue weighted by atomic mass is 9.53. The van der Waals surface area contributed by atoms with Gasteiger partial charge in [0.25, 0.3) is 0 Å². The molecule has 0 aromatic rings. The second kappa shape index (κ2) is 3.97. The van der Waals surface area contributed by atoms with E-state index in [1.165, 1.54) is 51.4 Å². The minimum atomic E-state index is 0.290. The zero-order valence-electron chi connectivity index (χ0n) is 11.2. The van der Waals surface area contributed by atoms with Crippen LogP contribution in [-0.4, -0.2) is 11.6 Å². The first-order chi connectivity index (χ1) is 8.76. The fraction of sp³-hybridized carbons (Fsp3) is 0.938. The van der Waals surface area contributed by atoms with E-state index in [4.69, 9.17) is 0 Å². The zero-order valence-corrected chi connectivity index (χ0v) is 11.2. The summed E-state index contributed by atoms with van der Waals surface area (Å²) in [6, 6.07) is 3.04. The molecule has 2 nitrogen and oxygen atoms in total. The third-order valence-corrected chi connectivity index (χ3v) is 6.21. The molecule has 5 saturated carbocycles. The van der Waals surface area contributed by atoms with Gasteiger partial charge in [-0.2, -0.15) is 5.26 Å². The molecule has 0 aliphatic heterocycles. The summed E-state index contributed by atoms with van der Waals surface area (Å²) < 4.78 is 0. The van der Waals surface area contributed by atoms with Gasteiger partial charge in [0.2, 0.25) is 0 Å². The van der Waals surface area contributed by atoms with Crippen molar-refractivity contribution in [1.82, 2.24) is 5.32 Å². The van der Waals surface area contributed by atoms with Crippen LogP contribution in [0.2, 0.25) is 0 Å². The van der Waals surface area contributed by atoms with Gasteiger partial charge >= 0.3 is 0 Å². The fourth-order valence-corrected chi connectivity index (χ4v) is 5.97. The number of rotatable bonds is 2. The molecule has 0 aromatic heterocycles. The first kappa shape index (κ1) is 11.3. The number of hydrogen-bond acceptors (Lipinski definition) is 2. The van der Waals surface area contributed by atoms with Crippen LogP contribution in [0.15, 0.2) is 0 Å². The quantitative estimate of drug-likeness (QED) is 0.809. The van der Waals surface area contributed by atoms with Gasteiger partial charge in [-0.25, -0.2) is 0 Å². The van der Waals surface area contributed by atoms with E-state index in [0.717, 1.165) is 24.2 Å². The van der Waals surface area contributed by atoms with Crippen LogP contribution in [0.25, 0.3) is 0 Å². The molecular weight excluding hydrogens is 220 g/mol. The Balaban J connectivity index is 1.52. The maximum absolute atomic E-state index is 9.26. The zero-order chi connectivity index (χ0) is 12.2. The summed E-state index contributed by atoms with van der Waals surface area (Å²) in [5.74, 6) is 3.31. The minimum Gasteiger partial charge on any atom is -0.307 e. The molecule has 0 aromatic carbocycles. The summed E-state index contributed by atoms with van der Waals surface area (Å²) in [7, 11) is 0. The average Bonchev–Trinajstić information content (AvgIpc) is 2.73. The van der Waals surface area contributed by atoms with Crippen molar-refractivity contribution in [1.29, 1.82) is 5.26 Å². The molecule has 2 heteroatoms. The topological polar surface area (TPSA) is 35.8 Å². The maximum atomic E-state index is 9.26.